The van der Waals surface area contributed by atoms with Crippen molar-refractivity contribution < 1.29 is 14.3 Å². The van der Waals surface area contributed by atoms with Crippen molar-refractivity contribution in [3.05, 3.63) is 29.6 Å². The van der Waals surface area contributed by atoms with Gasteiger partial charge in [0.25, 0.3) is 0 Å². The maximum absolute atomic E-state index is 12.3. The Morgan fingerprint density at radius 1 is 1.45 bits per heavy atom. The number of likely N-dealkylation sites (N-methyl/N-ethyl adjacent to an activating group) is 1. The fraction of sp³-hybridized carbons (Fsp3) is 0.500. The van der Waals surface area contributed by atoms with E-state index in [1.807, 2.05) is 25.1 Å². The molecule has 1 aromatic heterocycles. The molecule has 2 heterocycles. The molecule has 1 amide bonds. The molecule has 1 fully saturated rings. The standard InChI is InChI=1S/C16H21N3O3/c1-11-17-14-4-3-12(7-15(14)18-11)8-16(20)19(2)9-13-10-21-5-6-22-13/h3-4,7,13H,5-6,8-10H2,1-2H3,(H,17,18)/t13-/m0/s1. The first-order chi connectivity index (χ1) is 10.6. The summed E-state index contributed by atoms with van der Waals surface area (Å²) < 4.78 is 10.9. The summed E-state index contributed by atoms with van der Waals surface area (Å²) >= 11 is 0. The molecule has 0 bridgehead atoms. The van der Waals surface area contributed by atoms with E-state index in [4.69, 9.17) is 9.47 Å². The number of aromatic amines is 1. The molecule has 1 aliphatic rings. The Balaban J connectivity index is 1.61. The topological polar surface area (TPSA) is 67.5 Å². The number of fused-ring (bicyclic) bond motifs is 1. The number of nitrogens with one attached hydrogen (secondary N) is 1. The number of carbonyl (C=O) groups excluding carboxylic acids is 1. The second-order valence-electron chi connectivity index (χ2n) is 5.69. The summed E-state index contributed by atoms with van der Waals surface area (Å²) in [6.07, 6.45) is 0.346. The highest BCUT2D eigenvalue weighted by molar-refractivity contribution is 5.81. The van der Waals surface area contributed by atoms with Gasteiger partial charge in [0.05, 0.1) is 43.4 Å². The van der Waals surface area contributed by atoms with Crippen LogP contribution in [0.3, 0.4) is 0 Å². The number of carbonyl (C=O) groups is 1. The highest BCUT2D eigenvalue weighted by atomic mass is 16.6. The first-order valence-electron chi connectivity index (χ1n) is 7.50. The van der Waals surface area contributed by atoms with Crippen molar-refractivity contribution >= 4 is 16.9 Å². The van der Waals surface area contributed by atoms with E-state index in [1.165, 1.54) is 0 Å². The summed E-state index contributed by atoms with van der Waals surface area (Å²) in [5.41, 5.74) is 2.87. The molecule has 0 aliphatic carbocycles. The highest BCUT2D eigenvalue weighted by Gasteiger charge is 2.19. The van der Waals surface area contributed by atoms with E-state index in [-0.39, 0.29) is 12.0 Å². The molecule has 1 aromatic carbocycles. The van der Waals surface area contributed by atoms with Crippen molar-refractivity contribution in [2.24, 2.45) is 0 Å². The minimum atomic E-state index is -0.0274. The number of benzene rings is 1. The molecule has 1 atom stereocenters. The Morgan fingerprint density at radius 3 is 3.09 bits per heavy atom. The van der Waals surface area contributed by atoms with E-state index in [2.05, 4.69) is 9.97 Å². The van der Waals surface area contributed by atoms with Crippen molar-refractivity contribution in [1.82, 2.24) is 14.9 Å². The van der Waals surface area contributed by atoms with Crippen LogP contribution in [0.15, 0.2) is 18.2 Å². The molecule has 118 valence electrons. The summed E-state index contributed by atoms with van der Waals surface area (Å²) in [4.78, 5) is 21.6. The van der Waals surface area contributed by atoms with Crippen LogP contribution in [0.4, 0.5) is 0 Å². The fourth-order valence-electron chi connectivity index (χ4n) is 2.65. The molecule has 0 radical (unpaired) electrons. The molecule has 3 rings (SSSR count). The quantitative estimate of drug-likeness (QED) is 0.924. The number of aryl methyl sites for hydroxylation is 1. The van der Waals surface area contributed by atoms with E-state index in [1.54, 1.807) is 11.9 Å². The van der Waals surface area contributed by atoms with Crippen LogP contribution in [0.1, 0.15) is 11.4 Å². The number of amides is 1. The van der Waals surface area contributed by atoms with Crippen molar-refractivity contribution in [3.8, 4) is 0 Å². The third-order valence-corrected chi connectivity index (χ3v) is 3.81. The van der Waals surface area contributed by atoms with Crippen LogP contribution in [0.2, 0.25) is 0 Å². The molecule has 0 unspecified atom stereocenters. The number of imidazole rings is 1. The van der Waals surface area contributed by atoms with E-state index in [0.29, 0.717) is 32.8 Å². The molecule has 6 heteroatoms. The van der Waals surface area contributed by atoms with Crippen LogP contribution >= 0.6 is 0 Å². The lowest BCUT2D eigenvalue weighted by atomic mass is 10.1. The molecule has 1 N–H and O–H groups in total. The van der Waals surface area contributed by atoms with Crippen LogP contribution in [0.5, 0.6) is 0 Å². The minimum absolute atomic E-state index is 0.0274. The Kier molecular flexibility index (Phi) is 4.40. The molecule has 0 saturated carbocycles. The largest absolute Gasteiger partial charge is 0.376 e. The zero-order chi connectivity index (χ0) is 15.5. The van der Waals surface area contributed by atoms with E-state index in [9.17, 15) is 4.79 Å². The summed E-state index contributed by atoms with van der Waals surface area (Å²) in [6, 6.07) is 5.88. The van der Waals surface area contributed by atoms with Gasteiger partial charge in [0.15, 0.2) is 0 Å². The van der Waals surface area contributed by atoms with Gasteiger partial charge in [-0.25, -0.2) is 4.98 Å². The first kappa shape index (κ1) is 15.0. The Labute approximate surface area is 129 Å². The molecule has 1 aliphatic heterocycles. The molecule has 1 saturated heterocycles. The zero-order valence-electron chi connectivity index (χ0n) is 13.0. The summed E-state index contributed by atoms with van der Waals surface area (Å²) in [7, 11) is 1.80. The van der Waals surface area contributed by atoms with Gasteiger partial charge in [-0.2, -0.15) is 0 Å². The van der Waals surface area contributed by atoms with Crippen LogP contribution in [0, 0.1) is 6.92 Å². The van der Waals surface area contributed by atoms with Gasteiger partial charge < -0.3 is 19.4 Å². The van der Waals surface area contributed by atoms with Gasteiger partial charge in [-0.05, 0) is 24.6 Å². The smallest absolute Gasteiger partial charge is 0.226 e. The minimum Gasteiger partial charge on any atom is -0.376 e. The Hall–Kier alpha value is -1.92. The zero-order valence-corrected chi connectivity index (χ0v) is 13.0. The third-order valence-electron chi connectivity index (χ3n) is 3.81. The average Bonchev–Trinajstić information content (AvgIpc) is 2.87. The second-order valence-corrected chi connectivity index (χ2v) is 5.69. The molecular weight excluding hydrogens is 282 g/mol. The van der Waals surface area contributed by atoms with E-state index < -0.39 is 0 Å². The number of aromatic nitrogens is 2. The maximum Gasteiger partial charge on any atom is 0.226 e. The van der Waals surface area contributed by atoms with Gasteiger partial charge in [0, 0.05) is 13.6 Å². The van der Waals surface area contributed by atoms with Gasteiger partial charge in [0.1, 0.15) is 5.82 Å². The first-order valence-corrected chi connectivity index (χ1v) is 7.50. The van der Waals surface area contributed by atoms with Crippen molar-refractivity contribution in [2.75, 3.05) is 33.4 Å². The molecule has 22 heavy (non-hydrogen) atoms. The van der Waals surface area contributed by atoms with Crippen molar-refractivity contribution in [2.45, 2.75) is 19.4 Å². The van der Waals surface area contributed by atoms with Gasteiger partial charge in [-0.3, -0.25) is 4.79 Å². The number of hydrogen-bond donors (Lipinski definition) is 1. The number of nitrogens with zero attached hydrogens (tertiary/aromatic N) is 2. The fourth-order valence-corrected chi connectivity index (χ4v) is 2.65. The van der Waals surface area contributed by atoms with Gasteiger partial charge in [-0.15, -0.1) is 0 Å². The predicted octanol–water partition coefficient (Wildman–Crippen LogP) is 1.29. The SMILES string of the molecule is Cc1nc2ccc(CC(=O)N(C)C[C@H]3COCCO3)cc2[nH]1. The molecular formula is C16H21N3O3. The number of hydrogen-bond acceptors (Lipinski definition) is 4. The lowest BCUT2D eigenvalue weighted by Gasteiger charge is -2.27. The van der Waals surface area contributed by atoms with Crippen LogP contribution in [-0.2, 0) is 20.7 Å². The van der Waals surface area contributed by atoms with Gasteiger partial charge >= 0.3 is 0 Å². The molecule has 2 aromatic rings. The Bertz CT molecular complexity index is 662. The molecule has 0 spiro atoms. The predicted molar refractivity (Wildman–Crippen MR) is 82.7 cm³/mol. The number of H-pyrrole nitrogens is 1. The van der Waals surface area contributed by atoms with Crippen molar-refractivity contribution in [1.29, 1.82) is 0 Å². The second kappa shape index (κ2) is 6.46. The maximum atomic E-state index is 12.3. The van der Waals surface area contributed by atoms with Crippen LogP contribution in [-0.4, -0.2) is 60.3 Å². The van der Waals surface area contributed by atoms with Crippen molar-refractivity contribution in [3.63, 3.8) is 0 Å². The number of ether oxygens (including phenoxy) is 2. The summed E-state index contributed by atoms with van der Waals surface area (Å²) in [5, 5.41) is 0. The lowest BCUT2D eigenvalue weighted by Crippen LogP contribution is -2.41. The summed E-state index contributed by atoms with van der Waals surface area (Å²) in [6.45, 7) is 4.27. The van der Waals surface area contributed by atoms with Crippen LogP contribution in [0.25, 0.3) is 11.0 Å². The van der Waals surface area contributed by atoms with E-state index in [0.717, 1.165) is 22.4 Å². The third kappa shape index (κ3) is 3.45. The van der Waals surface area contributed by atoms with E-state index >= 15 is 0 Å². The highest BCUT2D eigenvalue weighted by Crippen LogP contribution is 2.14. The summed E-state index contributed by atoms with van der Waals surface area (Å²) in [5.74, 6) is 0.954. The number of rotatable bonds is 4. The Morgan fingerprint density at radius 2 is 2.32 bits per heavy atom. The lowest BCUT2D eigenvalue weighted by molar-refractivity contribution is -0.135. The average molecular weight is 303 g/mol. The monoisotopic (exact) mass is 303 g/mol. The van der Waals surface area contributed by atoms with Gasteiger partial charge in [0.2, 0.25) is 5.91 Å². The van der Waals surface area contributed by atoms with Gasteiger partial charge in [-0.1, -0.05) is 6.07 Å². The molecule has 6 nitrogen and oxygen atoms in total. The normalized spacial score (nSPS) is 18.5. The van der Waals surface area contributed by atoms with Crippen LogP contribution < -0.4 is 0 Å².